The molecule has 1 unspecified atom stereocenters. The summed E-state index contributed by atoms with van der Waals surface area (Å²) in [6.07, 6.45) is 1.14. The highest BCUT2D eigenvalue weighted by Crippen LogP contribution is 2.30. The van der Waals surface area contributed by atoms with Gasteiger partial charge in [-0.3, -0.25) is 0 Å². The van der Waals surface area contributed by atoms with Gasteiger partial charge in [-0.05, 0) is 69.3 Å². The molecule has 2 aromatic rings. The number of fused-ring (bicyclic) bond motifs is 1. The van der Waals surface area contributed by atoms with Crippen LogP contribution in [0.15, 0.2) is 29.6 Å². The van der Waals surface area contributed by atoms with Crippen LogP contribution >= 0.6 is 33.9 Å². The first-order valence-corrected chi connectivity index (χ1v) is 8.90. The molecular formula is C16H18INOS. The zero-order valence-corrected chi connectivity index (χ0v) is 14.5. The monoisotopic (exact) mass is 399 g/mol. The van der Waals surface area contributed by atoms with Crippen molar-refractivity contribution in [2.24, 2.45) is 0 Å². The molecule has 20 heavy (non-hydrogen) atoms. The maximum Gasteiger partial charge on any atom is 0.0725 e. The Balaban J connectivity index is 1.92. The lowest BCUT2D eigenvalue weighted by Crippen LogP contribution is -2.22. The van der Waals surface area contributed by atoms with Crippen LogP contribution in [0.3, 0.4) is 0 Å². The number of benzene rings is 1. The molecule has 0 aliphatic carbocycles. The van der Waals surface area contributed by atoms with Crippen LogP contribution in [-0.4, -0.2) is 6.54 Å². The second kappa shape index (κ2) is 6.56. The molecule has 1 aromatic heterocycles. The fourth-order valence-electron chi connectivity index (χ4n) is 2.56. The van der Waals surface area contributed by atoms with Gasteiger partial charge < -0.3 is 10.1 Å². The smallest absolute Gasteiger partial charge is 0.0725 e. The third-order valence-electron chi connectivity index (χ3n) is 3.60. The van der Waals surface area contributed by atoms with Gasteiger partial charge >= 0.3 is 0 Å². The fraction of sp³-hybridized carbons (Fsp3) is 0.375. The van der Waals surface area contributed by atoms with Crippen molar-refractivity contribution in [3.63, 3.8) is 0 Å². The molecule has 1 aromatic carbocycles. The van der Waals surface area contributed by atoms with E-state index in [9.17, 15) is 0 Å². The quantitative estimate of drug-likeness (QED) is 0.750. The Morgan fingerprint density at radius 3 is 2.85 bits per heavy atom. The minimum absolute atomic E-state index is 0.292. The number of thiophene rings is 1. The zero-order chi connectivity index (χ0) is 13.9. The van der Waals surface area contributed by atoms with Gasteiger partial charge in [-0.2, -0.15) is 0 Å². The number of rotatable bonds is 5. The lowest BCUT2D eigenvalue weighted by atomic mass is 9.97. The summed E-state index contributed by atoms with van der Waals surface area (Å²) < 4.78 is 6.86. The van der Waals surface area contributed by atoms with Gasteiger partial charge in [0.25, 0.3) is 0 Å². The molecule has 1 aliphatic rings. The van der Waals surface area contributed by atoms with Gasteiger partial charge in [0.2, 0.25) is 0 Å². The van der Waals surface area contributed by atoms with Crippen LogP contribution in [0.2, 0.25) is 0 Å². The summed E-state index contributed by atoms with van der Waals surface area (Å²) in [4.78, 5) is 0. The van der Waals surface area contributed by atoms with Gasteiger partial charge in [0.05, 0.1) is 22.1 Å². The number of nitrogens with one attached hydrogen (secondary N) is 1. The standard InChI is InChI=1S/C16H18INOS/c1-2-5-18-16(14-7-15(17)20-10-14)11-3-4-12-8-19-9-13(12)6-11/h3-4,6-7,10,16,18H,2,5,8-9H2,1H3. The van der Waals surface area contributed by atoms with Gasteiger partial charge in [-0.25, -0.2) is 0 Å². The van der Waals surface area contributed by atoms with E-state index in [1.165, 1.54) is 25.1 Å². The third-order valence-corrected chi connectivity index (χ3v) is 5.41. The molecule has 0 spiro atoms. The van der Waals surface area contributed by atoms with Crippen molar-refractivity contribution in [1.29, 1.82) is 0 Å². The van der Waals surface area contributed by atoms with E-state index in [0.29, 0.717) is 6.04 Å². The number of hydrogen-bond donors (Lipinski definition) is 1. The lowest BCUT2D eigenvalue weighted by molar-refractivity contribution is 0.134. The summed E-state index contributed by atoms with van der Waals surface area (Å²) in [6.45, 7) is 4.76. The van der Waals surface area contributed by atoms with Gasteiger partial charge in [-0.15, -0.1) is 11.3 Å². The van der Waals surface area contributed by atoms with Crippen LogP contribution in [0, 0.1) is 2.88 Å². The molecule has 0 saturated heterocycles. The Bertz CT molecular complexity index is 596. The summed E-state index contributed by atoms with van der Waals surface area (Å²) in [5, 5.41) is 5.93. The van der Waals surface area contributed by atoms with Crippen molar-refractivity contribution in [3.05, 3.63) is 54.8 Å². The normalized spacial score (nSPS) is 15.3. The van der Waals surface area contributed by atoms with Crippen LogP contribution in [-0.2, 0) is 18.0 Å². The Morgan fingerprint density at radius 2 is 2.10 bits per heavy atom. The molecule has 1 atom stereocenters. The summed E-state index contributed by atoms with van der Waals surface area (Å²) in [5.74, 6) is 0. The molecule has 4 heteroatoms. The minimum atomic E-state index is 0.292. The molecule has 0 radical (unpaired) electrons. The van der Waals surface area contributed by atoms with Crippen LogP contribution < -0.4 is 5.32 Å². The van der Waals surface area contributed by atoms with E-state index in [1.807, 2.05) is 11.3 Å². The molecule has 1 N–H and O–H groups in total. The second-order valence-electron chi connectivity index (χ2n) is 5.09. The van der Waals surface area contributed by atoms with Crippen LogP contribution in [0.4, 0.5) is 0 Å². The summed E-state index contributed by atoms with van der Waals surface area (Å²) in [5.41, 5.74) is 5.39. The minimum Gasteiger partial charge on any atom is -0.372 e. The average Bonchev–Trinajstić information content (AvgIpc) is 3.07. The van der Waals surface area contributed by atoms with E-state index >= 15 is 0 Å². The number of hydrogen-bond acceptors (Lipinski definition) is 3. The summed E-state index contributed by atoms with van der Waals surface area (Å²) in [7, 11) is 0. The molecule has 1 aliphatic heterocycles. The molecule has 2 nitrogen and oxygen atoms in total. The molecular weight excluding hydrogens is 381 g/mol. The van der Waals surface area contributed by atoms with Gasteiger partial charge in [0.1, 0.15) is 0 Å². The maximum absolute atomic E-state index is 5.52. The second-order valence-corrected chi connectivity index (χ2v) is 7.90. The Labute approximate surface area is 137 Å². The van der Waals surface area contributed by atoms with Crippen molar-refractivity contribution < 1.29 is 4.74 Å². The third kappa shape index (κ3) is 3.08. The maximum atomic E-state index is 5.52. The van der Waals surface area contributed by atoms with E-state index in [4.69, 9.17) is 4.74 Å². The molecule has 3 rings (SSSR count). The highest BCUT2D eigenvalue weighted by atomic mass is 127. The van der Waals surface area contributed by atoms with Gasteiger partial charge in [0, 0.05) is 0 Å². The predicted molar refractivity (Wildman–Crippen MR) is 92.1 cm³/mol. The zero-order valence-electron chi connectivity index (χ0n) is 11.5. The van der Waals surface area contributed by atoms with E-state index in [1.54, 1.807) is 0 Å². The first-order valence-electron chi connectivity index (χ1n) is 6.94. The molecule has 0 saturated carbocycles. The summed E-state index contributed by atoms with van der Waals surface area (Å²) >= 11 is 4.20. The predicted octanol–water partition coefficient (Wildman–Crippen LogP) is 4.47. The van der Waals surface area contributed by atoms with E-state index in [0.717, 1.165) is 26.2 Å². The van der Waals surface area contributed by atoms with Crippen LogP contribution in [0.1, 0.15) is 41.6 Å². The van der Waals surface area contributed by atoms with Crippen LogP contribution in [0.25, 0.3) is 0 Å². The SMILES string of the molecule is CCCNC(c1csc(I)c1)c1ccc2c(c1)COC2. The topological polar surface area (TPSA) is 21.3 Å². The Morgan fingerprint density at radius 1 is 1.25 bits per heavy atom. The molecule has 0 amide bonds. The molecule has 0 fully saturated rings. The van der Waals surface area contributed by atoms with Gasteiger partial charge in [0.15, 0.2) is 0 Å². The van der Waals surface area contributed by atoms with Crippen LogP contribution in [0.5, 0.6) is 0 Å². The van der Waals surface area contributed by atoms with Crippen molar-refractivity contribution in [2.75, 3.05) is 6.54 Å². The summed E-state index contributed by atoms with van der Waals surface area (Å²) in [6, 6.07) is 9.34. The van der Waals surface area contributed by atoms with Crippen molar-refractivity contribution in [3.8, 4) is 0 Å². The molecule has 0 bridgehead atoms. The number of halogens is 1. The lowest BCUT2D eigenvalue weighted by Gasteiger charge is -2.19. The Hall–Kier alpha value is -0.430. The highest BCUT2D eigenvalue weighted by molar-refractivity contribution is 14.1. The van der Waals surface area contributed by atoms with E-state index in [-0.39, 0.29) is 0 Å². The molecule has 2 heterocycles. The van der Waals surface area contributed by atoms with E-state index in [2.05, 4.69) is 64.5 Å². The molecule has 106 valence electrons. The number of ether oxygens (including phenoxy) is 1. The van der Waals surface area contributed by atoms with Crippen molar-refractivity contribution >= 4 is 33.9 Å². The first-order chi connectivity index (χ1) is 9.78. The largest absolute Gasteiger partial charge is 0.372 e. The van der Waals surface area contributed by atoms with Gasteiger partial charge in [-0.1, -0.05) is 25.1 Å². The highest BCUT2D eigenvalue weighted by Gasteiger charge is 2.18. The Kier molecular flexibility index (Phi) is 4.75. The average molecular weight is 399 g/mol. The van der Waals surface area contributed by atoms with Crippen molar-refractivity contribution in [1.82, 2.24) is 5.32 Å². The van der Waals surface area contributed by atoms with Crippen molar-refractivity contribution in [2.45, 2.75) is 32.6 Å². The van der Waals surface area contributed by atoms with E-state index < -0.39 is 0 Å². The fourth-order valence-corrected chi connectivity index (χ4v) is 3.96. The first kappa shape index (κ1) is 14.5.